The molecule has 1 aromatic rings. The third-order valence-corrected chi connectivity index (χ3v) is 4.14. The predicted octanol–water partition coefficient (Wildman–Crippen LogP) is 1.65. The van der Waals surface area contributed by atoms with Crippen LogP contribution in [0.2, 0.25) is 0 Å². The van der Waals surface area contributed by atoms with Gasteiger partial charge in [0.15, 0.2) is 0 Å². The third-order valence-electron chi connectivity index (χ3n) is 3.18. The van der Waals surface area contributed by atoms with E-state index >= 15 is 0 Å². The highest BCUT2D eigenvalue weighted by Crippen LogP contribution is 2.15. The molecule has 5 heteroatoms. The van der Waals surface area contributed by atoms with Crippen LogP contribution in [0.5, 0.6) is 0 Å². The third kappa shape index (κ3) is 4.31. The largest absolute Gasteiger partial charge is 0.377 e. The minimum Gasteiger partial charge on any atom is -0.377 e. The van der Waals surface area contributed by atoms with Crippen LogP contribution in [-0.4, -0.2) is 42.7 Å². The Balaban J connectivity index is 1.76. The molecule has 1 aliphatic heterocycles. The zero-order valence-corrected chi connectivity index (χ0v) is 11.9. The molecule has 102 valence electrons. The minimum atomic E-state index is 0.408. The molecule has 0 bridgehead atoms. The van der Waals surface area contributed by atoms with Crippen molar-refractivity contribution < 1.29 is 4.74 Å². The average Bonchev–Trinajstić information content (AvgIpc) is 2.78. The van der Waals surface area contributed by atoms with E-state index in [0.717, 1.165) is 36.8 Å². The molecule has 0 amide bonds. The van der Waals surface area contributed by atoms with Crippen molar-refractivity contribution in [2.75, 3.05) is 26.7 Å². The molecule has 2 heterocycles. The van der Waals surface area contributed by atoms with Crippen LogP contribution in [0.15, 0.2) is 5.38 Å². The standard InChI is InChI=1S/C13H23N3OS/c1-16(9-12-4-2-3-7-17-12)8-11-10-18-13(15-11)5-6-14/h10,12H,2-9,14H2,1H3. The normalized spacial score (nSPS) is 20.5. The van der Waals surface area contributed by atoms with Gasteiger partial charge in [-0.05, 0) is 32.9 Å². The molecular weight excluding hydrogens is 246 g/mol. The first-order valence-corrected chi connectivity index (χ1v) is 7.59. The summed E-state index contributed by atoms with van der Waals surface area (Å²) in [6.07, 6.45) is 5.01. The van der Waals surface area contributed by atoms with Crippen LogP contribution in [0, 0.1) is 0 Å². The van der Waals surface area contributed by atoms with Crippen LogP contribution in [0.25, 0.3) is 0 Å². The maximum atomic E-state index is 5.75. The second kappa shape index (κ2) is 7.19. The first-order valence-electron chi connectivity index (χ1n) is 6.71. The number of likely N-dealkylation sites (N-methyl/N-ethyl adjacent to an activating group) is 1. The van der Waals surface area contributed by atoms with Crippen molar-refractivity contribution in [1.82, 2.24) is 9.88 Å². The lowest BCUT2D eigenvalue weighted by Gasteiger charge is -2.26. The Morgan fingerprint density at radius 2 is 2.44 bits per heavy atom. The van der Waals surface area contributed by atoms with Gasteiger partial charge in [-0.2, -0.15) is 0 Å². The fraction of sp³-hybridized carbons (Fsp3) is 0.769. The Morgan fingerprint density at radius 1 is 1.56 bits per heavy atom. The fourth-order valence-electron chi connectivity index (χ4n) is 2.30. The molecule has 1 aromatic heterocycles. The highest BCUT2D eigenvalue weighted by Gasteiger charge is 2.16. The van der Waals surface area contributed by atoms with E-state index in [1.54, 1.807) is 11.3 Å². The van der Waals surface area contributed by atoms with E-state index in [9.17, 15) is 0 Å². The zero-order valence-electron chi connectivity index (χ0n) is 11.1. The van der Waals surface area contributed by atoms with Gasteiger partial charge in [-0.3, -0.25) is 4.90 Å². The molecule has 18 heavy (non-hydrogen) atoms. The summed E-state index contributed by atoms with van der Waals surface area (Å²) in [6, 6.07) is 0. The van der Waals surface area contributed by atoms with E-state index in [-0.39, 0.29) is 0 Å². The summed E-state index contributed by atoms with van der Waals surface area (Å²) in [4.78, 5) is 6.89. The van der Waals surface area contributed by atoms with Crippen LogP contribution < -0.4 is 5.73 Å². The number of hydrogen-bond acceptors (Lipinski definition) is 5. The van der Waals surface area contributed by atoms with Gasteiger partial charge in [0, 0.05) is 31.5 Å². The molecule has 2 N–H and O–H groups in total. The summed E-state index contributed by atoms with van der Waals surface area (Å²) in [5.74, 6) is 0. The second-order valence-corrected chi connectivity index (χ2v) is 5.90. The summed E-state index contributed by atoms with van der Waals surface area (Å²) in [5, 5.41) is 3.29. The van der Waals surface area contributed by atoms with Gasteiger partial charge in [-0.1, -0.05) is 0 Å². The molecule has 0 aliphatic carbocycles. The van der Waals surface area contributed by atoms with E-state index < -0.39 is 0 Å². The number of hydrogen-bond donors (Lipinski definition) is 1. The van der Waals surface area contributed by atoms with E-state index in [0.29, 0.717) is 12.6 Å². The second-order valence-electron chi connectivity index (χ2n) is 4.96. The van der Waals surface area contributed by atoms with Gasteiger partial charge in [0.25, 0.3) is 0 Å². The van der Waals surface area contributed by atoms with Crippen molar-refractivity contribution in [3.05, 3.63) is 16.1 Å². The smallest absolute Gasteiger partial charge is 0.0941 e. The lowest BCUT2D eigenvalue weighted by Crippen LogP contribution is -2.33. The lowest BCUT2D eigenvalue weighted by molar-refractivity contribution is -0.00272. The quantitative estimate of drug-likeness (QED) is 0.853. The summed E-state index contributed by atoms with van der Waals surface area (Å²) in [6.45, 7) is 3.51. The first-order chi connectivity index (χ1) is 8.78. The molecule has 1 atom stereocenters. The Kier molecular flexibility index (Phi) is 5.56. The minimum absolute atomic E-state index is 0.408. The number of nitrogens with zero attached hydrogens (tertiary/aromatic N) is 2. The molecule has 1 aliphatic rings. The van der Waals surface area contributed by atoms with Crippen molar-refractivity contribution in [1.29, 1.82) is 0 Å². The topological polar surface area (TPSA) is 51.4 Å². The number of aromatic nitrogens is 1. The predicted molar refractivity (Wildman–Crippen MR) is 74.8 cm³/mol. The Morgan fingerprint density at radius 3 is 3.17 bits per heavy atom. The number of ether oxygens (including phenoxy) is 1. The molecule has 0 saturated carbocycles. The average molecular weight is 269 g/mol. The van der Waals surface area contributed by atoms with Crippen molar-refractivity contribution in [2.45, 2.75) is 38.3 Å². The molecule has 1 fully saturated rings. The molecule has 2 rings (SSSR count). The van der Waals surface area contributed by atoms with Gasteiger partial charge in [-0.15, -0.1) is 11.3 Å². The molecule has 1 saturated heterocycles. The van der Waals surface area contributed by atoms with Crippen LogP contribution in [0.1, 0.15) is 30.0 Å². The Hall–Kier alpha value is -0.490. The fourth-order valence-corrected chi connectivity index (χ4v) is 3.10. The van der Waals surface area contributed by atoms with E-state index in [1.807, 2.05) is 0 Å². The zero-order chi connectivity index (χ0) is 12.8. The molecular formula is C13H23N3OS. The van der Waals surface area contributed by atoms with Gasteiger partial charge in [-0.25, -0.2) is 4.98 Å². The van der Waals surface area contributed by atoms with Crippen molar-refractivity contribution in [3.8, 4) is 0 Å². The monoisotopic (exact) mass is 269 g/mol. The van der Waals surface area contributed by atoms with E-state index in [2.05, 4.69) is 22.3 Å². The van der Waals surface area contributed by atoms with E-state index in [4.69, 9.17) is 10.5 Å². The van der Waals surface area contributed by atoms with Crippen LogP contribution in [0.4, 0.5) is 0 Å². The first kappa shape index (κ1) is 13.9. The van der Waals surface area contributed by atoms with Crippen molar-refractivity contribution in [3.63, 3.8) is 0 Å². The maximum absolute atomic E-state index is 5.75. The summed E-state index contributed by atoms with van der Waals surface area (Å²) >= 11 is 1.71. The molecule has 0 aromatic carbocycles. The summed E-state index contributed by atoms with van der Waals surface area (Å²) in [5.41, 5.74) is 6.69. The van der Waals surface area contributed by atoms with Gasteiger partial charge in [0.1, 0.15) is 0 Å². The number of rotatable bonds is 6. The van der Waals surface area contributed by atoms with E-state index in [1.165, 1.54) is 19.3 Å². The summed E-state index contributed by atoms with van der Waals surface area (Å²) in [7, 11) is 2.14. The van der Waals surface area contributed by atoms with Crippen LogP contribution in [0.3, 0.4) is 0 Å². The van der Waals surface area contributed by atoms with Crippen LogP contribution in [-0.2, 0) is 17.7 Å². The van der Waals surface area contributed by atoms with Gasteiger partial charge >= 0.3 is 0 Å². The van der Waals surface area contributed by atoms with Gasteiger partial charge in [0.05, 0.1) is 16.8 Å². The Bertz CT molecular complexity index is 350. The van der Waals surface area contributed by atoms with Gasteiger partial charge < -0.3 is 10.5 Å². The number of thiazole rings is 1. The SMILES string of the molecule is CN(Cc1csc(CCN)n1)CC1CCCCO1. The van der Waals surface area contributed by atoms with Crippen molar-refractivity contribution >= 4 is 11.3 Å². The molecule has 4 nitrogen and oxygen atoms in total. The highest BCUT2D eigenvalue weighted by atomic mass is 32.1. The molecule has 0 spiro atoms. The maximum Gasteiger partial charge on any atom is 0.0941 e. The van der Waals surface area contributed by atoms with Gasteiger partial charge in [0.2, 0.25) is 0 Å². The molecule has 0 radical (unpaired) electrons. The number of nitrogens with two attached hydrogens (primary N) is 1. The van der Waals surface area contributed by atoms with Crippen LogP contribution >= 0.6 is 11.3 Å². The van der Waals surface area contributed by atoms with Crippen molar-refractivity contribution in [2.24, 2.45) is 5.73 Å². The lowest BCUT2D eigenvalue weighted by atomic mass is 10.1. The Labute approximate surface area is 113 Å². The highest BCUT2D eigenvalue weighted by molar-refractivity contribution is 7.09. The summed E-state index contributed by atoms with van der Waals surface area (Å²) < 4.78 is 5.75. The molecule has 1 unspecified atom stereocenters.